The molecule has 1 aliphatic carbocycles. The molecule has 6 heteroatoms. The standard InChI is InChI=1S/C16H19BrFNO3/c17-13-8-10(4-5-14(13)18)6-7-19-15(20)11-2-1-3-12(9-11)16(21)22/h4-5,8,11-12H,1-3,6-7,9H2,(H,19,20)(H,21,22). The highest BCUT2D eigenvalue weighted by Gasteiger charge is 2.30. The molecule has 120 valence electrons. The Balaban J connectivity index is 1.79. The summed E-state index contributed by atoms with van der Waals surface area (Å²) in [6.07, 6.45) is 3.21. The number of aliphatic carboxylic acids is 1. The molecule has 0 bridgehead atoms. The molecular formula is C16H19BrFNO3. The fourth-order valence-electron chi connectivity index (χ4n) is 2.82. The van der Waals surface area contributed by atoms with Crippen LogP contribution in [-0.4, -0.2) is 23.5 Å². The molecule has 0 spiro atoms. The van der Waals surface area contributed by atoms with E-state index in [2.05, 4.69) is 21.2 Å². The van der Waals surface area contributed by atoms with E-state index in [4.69, 9.17) is 5.11 Å². The lowest BCUT2D eigenvalue weighted by molar-refractivity contribution is -0.144. The summed E-state index contributed by atoms with van der Waals surface area (Å²) in [5.74, 6) is -1.82. The number of benzene rings is 1. The SMILES string of the molecule is O=C(O)C1CCCC(C(=O)NCCc2ccc(F)c(Br)c2)C1. The predicted octanol–water partition coefficient (Wildman–Crippen LogP) is 3.14. The van der Waals surface area contributed by atoms with Crippen molar-refractivity contribution >= 4 is 27.8 Å². The first-order chi connectivity index (χ1) is 10.5. The molecule has 2 atom stereocenters. The summed E-state index contributed by atoms with van der Waals surface area (Å²) in [5, 5.41) is 11.9. The van der Waals surface area contributed by atoms with Gasteiger partial charge < -0.3 is 10.4 Å². The molecule has 1 fully saturated rings. The van der Waals surface area contributed by atoms with E-state index in [1.54, 1.807) is 12.1 Å². The zero-order valence-corrected chi connectivity index (χ0v) is 13.7. The number of carbonyl (C=O) groups is 2. The van der Waals surface area contributed by atoms with Gasteiger partial charge in [-0.25, -0.2) is 4.39 Å². The summed E-state index contributed by atoms with van der Waals surface area (Å²) < 4.78 is 13.5. The van der Waals surface area contributed by atoms with Gasteiger partial charge in [0.25, 0.3) is 0 Å². The van der Waals surface area contributed by atoms with E-state index in [1.165, 1.54) is 6.07 Å². The second-order valence-electron chi connectivity index (χ2n) is 5.69. The topological polar surface area (TPSA) is 66.4 Å². The van der Waals surface area contributed by atoms with Gasteiger partial charge in [0.2, 0.25) is 5.91 Å². The van der Waals surface area contributed by atoms with Crippen LogP contribution < -0.4 is 5.32 Å². The first-order valence-electron chi connectivity index (χ1n) is 7.42. The highest BCUT2D eigenvalue weighted by atomic mass is 79.9. The van der Waals surface area contributed by atoms with Crippen LogP contribution in [0.5, 0.6) is 0 Å². The summed E-state index contributed by atoms with van der Waals surface area (Å²) in [4.78, 5) is 23.1. The normalized spacial score (nSPS) is 21.4. The van der Waals surface area contributed by atoms with Crippen LogP contribution in [-0.2, 0) is 16.0 Å². The van der Waals surface area contributed by atoms with Crippen molar-refractivity contribution in [3.63, 3.8) is 0 Å². The van der Waals surface area contributed by atoms with Gasteiger partial charge in [0.15, 0.2) is 0 Å². The van der Waals surface area contributed by atoms with Crippen molar-refractivity contribution in [2.45, 2.75) is 32.1 Å². The molecule has 22 heavy (non-hydrogen) atoms. The van der Waals surface area contributed by atoms with E-state index >= 15 is 0 Å². The van der Waals surface area contributed by atoms with Crippen molar-refractivity contribution in [1.82, 2.24) is 5.32 Å². The largest absolute Gasteiger partial charge is 0.481 e. The number of rotatable bonds is 5. The molecule has 2 N–H and O–H groups in total. The van der Waals surface area contributed by atoms with E-state index in [1.807, 2.05) is 0 Å². The minimum Gasteiger partial charge on any atom is -0.481 e. The molecule has 1 aromatic rings. The van der Waals surface area contributed by atoms with Crippen molar-refractivity contribution in [3.05, 3.63) is 34.1 Å². The van der Waals surface area contributed by atoms with Crippen LogP contribution in [0.25, 0.3) is 0 Å². The van der Waals surface area contributed by atoms with E-state index in [0.29, 0.717) is 30.3 Å². The molecule has 2 rings (SSSR count). The highest BCUT2D eigenvalue weighted by Crippen LogP contribution is 2.29. The molecule has 0 aliphatic heterocycles. The van der Waals surface area contributed by atoms with Crippen molar-refractivity contribution in [1.29, 1.82) is 0 Å². The molecule has 0 radical (unpaired) electrons. The average Bonchev–Trinajstić information content (AvgIpc) is 2.51. The van der Waals surface area contributed by atoms with Crippen LogP contribution in [0.1, 0.15) is 31.2 Å². The Bertz CT molecular complexity index is 564. The molecular weight excluding hydrogens is 353 g/mol. The first kappa shape index (κ1) is 16.9. The third-order valence-electron chi connectivity index (χ3n) is 4.09. The molecule has 0 aromatic heterocycles. The summed E-state index contributed by atoms with van der Waals surface area (Å²) in [7, 11) is 0. The van der Waals surface area contributed by atoms with Gasteiger partial charge >= 0.3 is 5.97 Å². The fraction of sp³-hybridized carbons (Fsp3) is 0.500. The van der Waals surface area contributed by atoms with Gasteiger partial charge in [-0.05, 0) is 59.3 Å². The summed E-state index contributed by atoms with van der Waals surface area (Å²) in [5.41, 5.74) is 0.931. The van der Waals surface area contributed by atoms with Crippen LogP contribution in [0, 0.1) is 17.7 Å². The molecule has 2 unspecified atom stereocenters. The second-order valence-corrected chi connectivity index (χ2v) is 6.54. The molecule has 1 aliphatic rings. The quantitative estimate of drug-likeness (QED) is 0.835. The van der Waals surface area contributed by atoms with Crippen molar-refractivity contribution < 1.29 is 19.1 Å². The zero-order valence-electron chi connectivity index (χ0n) is 12.1. The Morgan fingerprint density at radius 3 is 2.73 bits per heavy atom. The maximum absolute atomic E-state index is 13.1. The Morgan fingerprint density at radius 2 is 2.05 bits per heavy atom. The zero-order chi connectivity index (χ0) is 16.1. The van der Waals surface area contributed by atoms with E-state index in [-0.39, 0.29) is 17.6 Å². The fourth-order valence-corrected chi connectivity index (χ4v) is 3.25. The van der Waals surface area contributed by atoms with Crippen molar-refractivity contribution in [3.8, 4) is 0 Å². The summed E-state index contributed by atoms with van der Waals surface area (Å²) in [6, 6.07) is 4.77. The number of hydrogen-bond donors (Lipinski definition) is 2. The van der Waals surface area contributed by atoms with Gasteiger partial charge in [-0.2, -0.15) is 0 Å². The van der Waals surface area contributed by atoms with E-state index in [9.17, 15) is 14.0 Å². The van der Waals surface area contributed by atoms with Gasteiger partial charge in [0.1, 0.15) is 5.82 Å². The highest BCUT2D eigenvalue weighted by molar-refractivity contribution is 9.10. The number of amides is 1. The number of halogens is 2. The second kappa shape index (κ2) is 7.72. The Morgan fingerprint density at radius 1 is 1.32 bits per heavy atom. The third kappa shape index (κ3) is 4.53. The van der Waals surface area contributed by atoms with Crippen molar-refractivity contribution in [2.24, 2.45) is 11.8 Å². The maximum atomic E-state index is 13.1. The Hall–Kier alpha value is -1.43. The first-order valence-corrected chi connectivity index (χ1v) is 8.21. The van der Waals surface area contributed by atoms with Gasteiger partial charge in [-0.3, -0.25) is 9.59 Å². The van der Waals surface area contributed by atoms with Gasteiger partial charge in [-0.15, -0.1) is 0 Å². The minimum absolute atomic E-state index is 0.0767. The van der Waals surface area contributed by atoms with Crippen LogP contribution >= 0.6 is 15.9 Å². The molecule has 4 nitrogen and oxygen atoms in total. The monoisotopic (exact) mass is 371 g/mol. The molecule has 0 heterocycles. The van der Waals surface area contributed by atoms with Crippen LogP contribution in [0.15, 0.2) is 22.7 Å². The number of carboxylic acid groups (broad SMARTS) is 1. The summed E-state index contributed by atoms with van der Waals surface area (Å²) >= 11 is 3.13. The van der Waals surface area contributed by atoms with Crippen LogP contribution in [0.2, 0.25) is 0 Å². The van der Waals surface area contributed by atoms with Crippen LogP contribution in [0.4, 0.5) is 4.39 Å². The lowest BCUT2D eigenvalue weighted by Gasteiger charge is -2.25. The molecule has 0 saturated heterocycles. The minimum atomic E-state index is -0.811. The van der Waals surface area contributed by atoms with Gasteiger partial charge in [0.05, 0.1) is 10.4 Å². The van der Waals surface area contributed by atoms with Gasteiger partial charge in [0, 0.05) is 12.5 Å². The average molecular weight is 372 g/mol. The van der Waals surface area contributed by atoms with Crippen molar-refractivity contribution in [2.75, 3.05) is 6.54 Å². The number of nitrogens with one attached hydrogen (secondary N) is 1. The Labute approximate surface area is 137 Å². The Kier molecular flexibility index (Phi) is 5.94. The number of hydrogen-bond acceptors (Lipinski definition) is 2. The summed E-state index contributed by atoms with van der Waals surface area (Å²) in [6.45, 7) is 0.463. The van der Waals surface area contributed by atoms with Crippen LogP contribution in [0.3, 0.4) is 0 Å². The van der Waals surface area contributed by atoms with E-state index < -0.39 is 11.9 Å². The predicted molar refractivity (Wildman–Crippen MR) is 83.9 cm³/mol. The number of carboxylic acids is 1. The smallest absolute Gasteiger partial charge is 0.306 e. The lowest BCUT2D eigenvalue weighted by atomic mass is 9.81. The molecule has 1 amide bonds. The maximum Gasteiger partial charge on any atom is 0.306 e. The number of carbonyl (C=O) groups excluding carboxylic acids is 1. The third-order valence-corrected chi connectivity index (χ3v) is 4.70. The lowest BCUT2D eigenvalue weighted by Crippen LogP contribution is -2.36. The van der Waals surface area contributed by atoms with E-state index in [0.717, 1.165) is 18.4 Å². The van der Waals surface area contributed by atoms with Gasteiger partial charge in [-0.1, -0.05) is 12.5 Å². The molecule has 1 aromatic carbocycles. The molecule has 1 saturated carbocycles.